The molecule has 0 spiro atoms. The first kappa shape index (κ1) is 14.5. The Morgan fingerprint density at radius 2 is 2.00 bits per heavy atom. The standard InChI is InChI=1S/C14H23N3O/c1-10(2)9-17(11(3)4)14(18)12-7-6-8-13(15-5)16-12/h6-8,10-11H,9H2,1-5H3,(H,15,16). The summed E-state index contributed by atoms with van der Waals surface area (Å²) in [5.74, 6) is 1.16. The Morgan fingerprint density at radius 3 is 2.50 bits per heavy atom. The van der Waals surface area contributed by atoms with Crippen LogP contribution in [0, 0.1) is 5.92 Å². The summed E-state index contributed by atoms with van der Waals surface area (Å²) in [5.41, 5.74) is 0.496. The van der Waals surface area contributed by atoms with E-state index in [1.165, 1.54) is 0 Å². The smallest absolute Gasteiger partial charge is 0.272 e. The molecule has 18 heavy (non-hydrogen) atoms. The van der Waals surface area contributed by atoms with Gasteiger partial charge >= 0.3 is 0 Å². The first-order valence-corrected chi connectivity index (χ1v) is 6.41. The molecule has 0 unspecified atom stereocenters. The zero-order chi connectivity index (χ0) is 13.7. The number of hydrogen-bond donors (Lipinski definition) is 1. The van der Waals surface area contributed by atoms with E-state index in [2.05, 4.69) is 24.1 Å². The average Bonchev–Trinajstić information content (AvgIpc) is 2.34. The van der Waals surface area contributed by atoms with Gasteiger partial charge < -0.3 is 10.2 Å². The van der Waals surface area contributed by atoms with Crippen LogP contribution in [-0.2, 0) is 0 Å². The lowest BCUT2D eigenvalue weighted by atomic mass is 10.1. The van der Waals surface area contributed by atoms with Crippen LogP contribution in [0.4, 0.5) is 5.82 Å². The minimum absolute atomic E-state index is 0.00389. The second kappa shape index (κ2) is 6.38. The number of pyridine rings is 1. The third-order valence-electron chi connectivity index (χ3n) is 2.67. The van der Waals surface area contributed by atoms with Crippen LogP contribution in [0.3, 0.4) is 0 Å². The van der Waals surface area contributed by atoms with Crippen molar-refractivity contribution in [2.24, 2.45) is 5.92 Å². The number of carbonyl (C=O) groups excluding carboxylic acids is 1. The maximum absolute atomic E-state index is 12.4. The molecule has 0 saturated heterocycles. The number of aromatic nitrogens is 1. The van der Waals surface area contributed by atoms with E-state index in [-0.39, 0.29) is 11.9 Å². The van der Waals surface area contributed by atoms with E-state index in [0.29, 0.717) is 17.4 Å². The van der Waals surface area contributed by atoms with Crippen LogP contribution in [0.1, 0.15) is 38.2 Å². The molecule has 0 aromatic carbocycles. The Bertz CT molecular complexity index is 402. The maximum Gasteiger partial charge on any atom is 0.272 e. The minimum atomic E-state index is -0.00389. The second-order valence-corrected chi connectivity index (χ2v) is 5.10. The molecule has 0 fully saturated rings. The first-order chi connectivity index (χ1) is 8.45. The van der Waals surface area contributed by atoms with Gasteiger partial charge in [0.05, 0.1) is 0 Å². The van der Waals surface area contributed by atoms with Gasteiger partial charge in [0.25, 0.3) is 5.91 Å². The maximum atomic E-state index is 12.4. The fraction of sp³-hybridized carbons (Fsp3) is 0.571. The quantitative estimate of drug-likeness (QED) is 0.872. The lowest BCUT2D eigenvalue weighted by molar-refractivity contribution is 0.0676. The van der Waals surface area contributed by atoms with Crippen molar-refractivity contribution in [3.05, 3.63) is 23.9 Å². The molecule has 0 aliphatic rings. The Balaban J connectivity index is 2.94. The van der Waals surface area contributed by atoms with Crippen LogP contribution in [0.5, 0.6) is 0 Å². The summed E-state index contributed by atoms with van der Waals surface area (Å²) >= 11 is 0. The molecule has 4 nitrogen and oxygen atoms in total. The SMILES string of the molecule is CNc1cccc(C(=O)N(CC(C)C)C(C)C)n1. The van der Waals surface area contributed by atoms with Gasteiger partial charge in [0.2, 0.25) is 0 Å². The van der Waals surface area contributed by atoms with E-state index in [0.717, 1.165) is 6.54 Å². The fourth-order valence-electron chi connectivity index (χ4n) is 1.76. The molecule has 0 radical (unpaired) electrons. The second-order valence-electron chi connectivity index (χ2n) is 5.10. The van der Waals surface area contributed by atoms with Crippen molar-refractivity contribution in [1.82, 2.24) is 9.88 Å². The van der Waals surface area contributed by atoms with Gasteiger partial charge in [-0.3, -0.25) is 4.79 Å². The van der Waals surface area contributed by atoms with Gasteiger partial charge in [0.1, 0.15) is 11.5 Å². The van der Waals surface area contributed by atoms with E-state index in [9.17, 15) is 4.79 Å². The third-order valence-corrected chi connectivity index (χ3v) is 2.67. The number of rotatable bonds is 5. The van der Waals surface area contributed by atoms with Crippen molar-refractivity contribution < 1.29 is 4.79 Å². The summed E-state index contributed by atoms with van der Waals surface area (Å²) in [6, 6.07) is 5.64. The van der Waals surface area contributed by atoms with Crippen molar-refractivity contribution in [3.63, 3.8) is 0 Å². The molecule has 1 N–H and O–H groups in total. The van der Waals surface area contributed by atoms with Crippen LogP contribution in [0.2, 0.25) is 0 Å². The Labute approximate surface area is 109 Å². The molecule has 0 atom stereocenters. The molecule has 0 aliphatic carbocycles. The van der Waals surface area contributed by atoms with Gasteiger partial charge in [-0.05, 0) is 31.9 Å². The van der Waals surface area contributed by atoms with E-state index >= 15 is 0 Å². The number of amides is 1. The third kappa shape index (κ3) is 3.72. The normalized spacial score (nSPS) is 10.8. The molecule has 1 rings (SSSR count). The van der Waals surface area contributed by atoms with E-state index in [4.69, 9.17) is 0 Å². The highest BCUT2D eigenvalue weighted by Gasteiger charge is 2.20. The molecular weight excluding hydrogens is 226 g/mol. The molecule has 0 aliphatic heterocycles. The highest BCUT2D eigenvalue weighted by atomic mass is 16.2. The molecule has 0 bridgehead atoms. The van der Waals surface area contributed by atoms with Crippen LogP contribution in [-0.4, -0.2) is 35.4 Å². The van der Waals surface area contributed by atoms with E-state index in [1.54, 1.807) is 13.1 Å². The lowest BCUT2D eigenvalue weighted by Crippen LogP contribution is -2.39. The average molecular weight is 249 g/mol. The molecule has 4 heteroatoms. The summed E-state index contributed by atoms with van der Waals surface area (Å²) in [6.07, 6.45) is 0. The summed E-state index contributed by atoms with van der Waals surface area (Å²) in [4.78, 5) is 18.6. The number of nitrogens with one attached hydrogen (secondary N) is 1. The number of hydrogen-bond acceptors (Lipinski definition) is 3. The molecular formula is C14H23N3O. The topological polar surface area (TPSA) is 45.2 Å². The van der Waals surface area contributed by atoms with Gasteiger partial charge in [0.15, 0.2) is 0 Å². The number of carbonyl (C=O) groups is 1. The van der Waals surface area contributed by atoms with Crippen molar-refractivity contribution in [2.75, 3.05) is 18.9 Å². The lowest BCUT2D eigenvalue weighted by Gasteiger charge is -2.28. The molecule has 1 aromatic heterocycles. The Hall–Kier alpha value is -1.58. The predicted octanol–water partition coefficient (Wildman–Crippen LogP) is 2.63. The van der Waals surface area contributed by atoms with Crippen LogP contribution >= 0.6 is 0 Å². The van der Waals surface area contributed by atoms with Crippen molar-refractivity contribution in [3.8, 4) is 0 Å². The van der Waals surface area contributed by atoms with Gasteiger partial charge in [-0.15, -0.1) is 0 Å². The summed E-state index contributed by atoms with van der Waals surface area (Å²) < 4.78 is 0. The summed E-state index contributed by atoms with van der Waals surface area (Å²) in [7, 11) is 1.80. The zero-order valence-corrected chi connectivity index (χ0v) is 11.9. The first-order valence-electron chi connectivity index (χ1n) is 6.41. The summed E-state index contributed by atoms with van der Waals surface area (Å²) in [6.45, 7) is 9.03. The van der Waals surface area contributed by atoms with E-state index < -0.39 is 0 Å². The van der Waals surface area contributed by atoms with Crippen molar-refractivity contribution >= 4 is 11.7 Å². The zero-order valence-electron chi connectivity index (χ0n) is 11.9. The van der Waals surface area contributed by atoms with Crippen molar-refractivity contribution in [2.45, 2.75) is 33.7 Å². The van der Waals surface area contributed by atoms with Gasteiger partial charge in [-0.1, -0.05) is 19.9 Å². The van der Waals surface area contributed by atoms with Gasteiger partial charge in [0, 0.05) is 19.6 Å². The fourth-order valence-corrected chi connectivity index (χ4v) is 1.76. The minimum Gasteiger partial charge on any atom is -0.373 e. The Kier molecular flexibility index (Phi) is 5.13. The predicted molar refractivity (Wildman–Crippen MR) is 74.8 cm³/mol. The largest absolute Gasteiger partial charge is 0.373 e. The number of nitrogens with zero attached hydrogens (tertiary/aromatic N) is 2. The van der Waals surface area contributed by atoms with Crippen LogP contribution in [0.25, 0.3) is 0 Å². The summed E-state index contributed by atoms with van der Waals surface area (Å²) in [5, 5.41) is 2.95. The molecule has 100 valence electrons. The van der Waals surface area contributed by atoms with Crippen LogP contribution in [0.15, 0.2) is 18.2 Å². The molecule has 0 saturated carbocycles. The highest BCUT2D eigenvalue weighted by Crippen LogP contribution is 2.11. The Morgan fingerprint density at radius 1 is 1.33 bits per heavy atom. The highest BCUT2D eigenvalue weighted by molar-refractivity contribution is 5.92. The van der Waals surface area contributed by atoms with Crippen molar-refractivity contribution in [1.29, 1.82) is 0 Å². The van der Waals surface area contributed by atoms with Gasteiger partial charge in [-0.2, -0.15) is 0 Å². The van der Waals surface area contributed by atoms with Crippen LogP contribution < -0.4 is 5.32 Å². The molecule has 1 aromatic rings. The van der Waals surface area contributed by atoms with E-state index in [1.807, 2.05) is 30.9 Å². The molecule has 1 amide bonds. The number of anilines is 1. The monoisotopic (exact) mass is 249 g/mol. The van der Waals surface area contributed by atoms with Gasteiger partial charge in [-0.25, -0.2) is 4.98 Å². The molecule has 1 heterocycles.